The number of phenols is 1. The fraction of sp³-hybridized carbons (Fsp3) is 0.412. The van der Waals surface area contributed by atoms with Crippen molar-refractivity contribution in [3.63, 3.8) is 0 Å². The zero-order valence-electron chi connectivity index (χ0n) is 13.8. The summed E-state index contributed by atoms with van der Waals surface area (Å²) >= 11 is 0. The van der Waals surface area contributed by atoms with Gasteiger partial charge in [-0.05, 0) is 17.7 Å². The van der Waals surface area contributed by atoms with Crippen molar-refractivity contribution < 1.29 is 39.1 Å². The molecule has 0 fully saturated rings. The van der Waals surface area contributed by atoms with Crippen LogP contribution in [0.1, 0.15) is 29.3 Å². The number of aliphatic hydroxyl groups is 2. The lowest BCUT2D eigenvalue weighted by Crippen LogP contribution is -2.57. The molecule has 2 aliphatic heterocycles. The zero-order valence-corrected chi connectivity index (χ0v) is 13.8. The molecule has 9 heteroatoms. The average Bonchev–Trinajstić information content (AvgIpc) is 3.09. The number of hydrogen-bond acceptors (Lipinski definition) is 8. The number of carbonyl (C=O) groups is 2. The summed E-state index contributed by atoms with van der Waals surface area (Å²) in [6, 6.07) is 0.610. The number of fused-ring (bicyclic) bond motifs is 4. The standard InChI is InChI=1S/C17H17NO8/c1-2-10(19)26-8-4-7-6-3-9-16(25-5-24-9)14(21)11(6)17(23)18-12(7)15(22)13(8)20/h3-4,8,12-13,15,20-22H,2,5H2,1H3,(H,18,23)/t8-,12+,13+,15-/m0/s1. The van der Waals surface area contributed by atoms with Crippen molar-refractivity contribution in [2.75, 3.05) is 6.79 Å². The monoisotopic (exact) mass is 363 g/mol. The van der Waals surface area contributed by atoms with Gasteiger partial charge in [0.2, 0.25) is 12.5 Å². The van der Waals surface area contributed by atoms with Gasteiger partial charge in [-0.3, -0.25) is 9.59 Å². The molecule has 1 amide bonds. The molecule has 0 saturated heterocycles. The van der Waals surface area contributed by atoms with Crippen LogP contribution in [-0.4, -0.2) is 58.3 Å². The second-order valence-corrected chi connectivity index (χ2v) is 6.24. The maximum absolute atomic E-state index is 12.4. The Morgan fingerprint density at radius 2 is 2.12 bits per heavy atom. The van der Waals surface area contributed by atoms with Crippen LogP contribution in [0.25, 0.3) is 5.57 Å². The van der Waals surface area contributed by atoms with Crippen LogP contribution in [0.5, 0.6) is 17.2 Å². The Hall–Kier alpha value is -2.78. The van der Waals surface area contributed by atoms with Crippen molar-refractivity contribution in [1.82, 2.24) is 5.32 Å². The predicted octanol–water partition coefficient (Wildman–Crippen LogP) is -0.327. The van der Waals surface area contributed by atoms with Crippen LogP contribution in [-0.2, 0) is 9.53 Å². The van der Waals surface area contributed by atoms with E-state index in [1.54, 1.807) is 6.92 Å². The Labute approximate surface area is 147 Å². The maximum atomic E-state index is 12.4. The summed E-state index contributed by atoms with van der Waals surface area (Å²) < 4.78 is 15.6. The molecule has 138 valence electrons. The molecule has 0 bridgehead atoms. The third-order valence-electron chi connectivity index (χ3n) is 4.73. The van der Waals surface area contributed by atoms with E-state index in [2.05, 4.69) is 5.32 Å². The van der Waals surface area contributed by atoms with Gasteiger partial charge in [0.25, 0.3) is 5.91 Å². The normalized spacial score (nSPS) is 28.6. The maximum Gasteiger partial charge on any atom is 0.306 e. The van der Waals surface area contributed by atoms with E-state index in [0.717, 1.165) is 0 Å². The van der Waals surface area contributed by atoms with Gasteiger partial charge in [0.05, 0.1) is 11.6 Å². The quantitative estimate of drug-likeness (QED) is 0.525. The molecule has 4 N–H and O–H groups in total. The lowest BCUT2D eigenvalue weighted by Gasteiger charge is -2.40. The largest absolute Gasteiger partial charge is 0.504 e. The molecule has 1 aliphatic carbocycles. The molecule has 0 unspecified atom stereocenters. The average molecular weight is 363 g/mol. The number of hydrogen-bond donors (Lipinski definition) is 4. The van der Waals surface area contributed by atoms with E-state index in [-0.39, 0.29) is 36.0 Å². The van der Waals surface area contributed by atoms with E-state index in [1.165, 1.54) is 12.1 Å². The molecular weight excluding hydrogens is 346 g/mol. The summed E-state index contributed by atoms with van der Waals surface area (Å²) in [5, 5.41) is 33.6. The van der Waals surface area contributed by atoms with Gasteiger partial charge in [0, 0.05) is 12.0 Å². The smallest absolute Gasteiger partial charge is 0.306 e. The molecule has 4 atom stereocenters. The van der Waals surface area contributed by atoms with Crippen molar-refractivity contribution in [3.05, 3.63) is 23.3 Å². The summed E-state index contributed by atoms with van der Waals surface area (Å²) in [4.78, 5) is 24.1. The van der Waals surface area contributed by atoms with Crippen molar-refractivity contribution in [2.24, 2.45) is 0 Å². The first kappa shape index (κ1) is 16.7. The molecular formula is C17H17NO8. The van der Waals surface area contributed by atoms with Crippen molar-refractivity contribution in [1.29, 1.82) is 0 Å². The van der Waals surface area contributed by atoms with Crippen LogP contribution in [0, 0.1) is 0 Å². The van der Waals surface area contributed by atoms with Crippen LogP contribution < -0.4 is 14.8 Å². The molecule has 26 heavy (non-hydrogen) atoms. The fourth-order valence-corrected chi connectivity index (χ4v) is 3.41. The van der Waals surface area contributed by atoms with Gasteiger partial charge in [-0.25, -0.2) is 0 Å². The Morgan fingerprint density at radius 1 is 1.35 bits per heavy atom. The van der Waals surface area contributed by atoms with Crippen molar-refractivity contribution in [2.45, 2.75) is 37.7 Å². The second-order valence-electron chi connectivity index (χ2n) is 6.24. The van der Waals surface area contributed by atoms with Gasteiger partial charge in [0.1, 0.15) is 18.3 Å². The highest BCUT2D eigenvalue weighted by Crippen LogP contribution is 2.48. The van der Waals surface area contributed by atoms with Crippen LogP contribution >= 0.6 is 0 Å². The number of rotatable bonds is 2. The highest BCUT2D eigenvalue weighted by atomic mass is 16.7. The number of nitrogens with one attached hydrogen (secondary N) is 1. The molecule has 2 heterocycles. The molecule has 1 aromatic rings. The second kappa shape index (κ2) is 5.89. The highest BCUT2D eigenvalue weighted by molar-refractivity contribution is 6.07. The Balaban J connectivity index is 1.85. The van der Waals surface area contributed by atoms with Gasteiger partial charge in [-0.1, -0.05) is 6.92 Å². The Kier molecular flexibility index (Phi) is 3.78. The topological polar surface area (TPSA) is 135 Å². The highest BCUT2D eigenvalue weighted by Gasteiger charge is 2.46. The zero-order chi connectivity index (χ0) is 18.6. The number of phenolic OH excluding ortho intramolecular Hbond substituents is 1. The molecule has 0 saturated carbocycles. The third-order valence-corrected chi connectivity index (χ3v) is 4.73. The van der Waals surface area contributed by atoms with Gasteiger partial charge in [0.15, 0.2) is 11.5 Å². The van der Waals surface area contributed by atoms with Crippen LogP contribution in [0.15, 0.2) is 12.1 Å². The minimum atomic E-state index is -1.40. The molecule has 0 aromatic heterocycles. The van der Waals surface area contributed by atoms with E-state index in [4.69, 9.17) is 14.2 Å². The molecule has 4 rings (SSSR count). The SMILES string of the molecule is CCC(=O)O[C@H]1C=C2c3cc4c(c(O)c3C(=O)N[C@H]2[C@H](O)[C@@H]1O)OCO4. The van der Waals surface area contributed by atoms with E-state index < -0.39 is 36.2 Å². The number of aliphatic hydroxyl groups excluding tert-OH is 2. The van der Waals surface area contributed by atoms with Crippen molar-refractivity contribution >= 4 is 17.4 Å². The molecule has 0 radical (unpaired) electrons. The van der Waals surface area contributed by atoms with Gasteiger partial charge < -0.3 is 34.8 Å². The van der Waals surface area contributed by atoms with E-state index in [1.807, 2.05) is 0 Å². The Morgan fingerprint density at radius 3 is 2.85 bits per heavy atom. The van der Waals surface area contributed by atoms with E-state index in [0.29, 0.717) is 11.1 Å². The summed E-state index contributed by atoms with van der Waals surface area (Å²) in [7, 11) is 0. The van der Waals surface area contributed by atoms with E-state index in [9.17, 15) is 24.9 Å². The minimum absolute atomic E-state index is 0.0269. The summed E-state index contributed by atoms with van der Waals surface area (Å²) in [6.45, 7) is 1.52. The van der Waals surface area contributed by atoms with Crippen LogP contribution in [0.3, 0.4) is 0 Å². The number of carbonyl (C=O) groups excluding carboxylic acids is 2. The molecule has 3 aliphatic rings. The lowest BCUT2D eigenvalue weighted by atomic mass is 9.79. The number of aromatic hydroxyl groups is 1. The summed E-state index contributed by atoms with van der Waals surface area (Å²) in [5.41, 5.74) is 0.713. The first-order chi connectivity index (χ1) is 12.4. The first-order valence-corrected chi connectivity index (χ1v) is 8.16. The lowest BCUT2D eigenvalue weighted by molar-refractivity contribution is -0.156. The summed E-state index contributed by atoms with van der Waals surface area (Å²) in [6.07, 6.45) is -2.30. The van der Waals surface area contributed by atoms with E-state index >= 15 is 0 Å². The Bertz CT molecular complexity index is 833. The van der Waals surface area contributed by atoms with Crippen LogP contribution in [0.2, 0.25) is 0 Å². The predicted molar refractivity (Wildman–Crippen MR) is 85.6 cm³/mol. The van der Waals surface area contributed by atoms with Gasteiger partial charge >= 0.3 is 5.97 Å². The van der Waals surface area contributed by atoms with Gasteiger partial charge in [-0.2, -0.15) is 0 Å². The number of ether oxygens (including phenoxy) is 3. The van der Waals surface area contributed by atoms with Gasteiger partial charge in [-0.15, -0.1) is 0 Å². The van der Waals surface area contributed by atoms with Crippen LogP contribution in [0.4, 0.5) is 0 Å². The van der Waals surface area contributed by atoms with Crippen molar-refractivity contribution in [3.8, 4) is 17.2 Å². The minimum Gasteiger partial charge on any atom is -0.504 e. The third kappa shape index (κ3) is 2.31. The number of benzene rings is 1. The molecule has 0 spiro atoms. The molecule has 9 nitrogen and oxygen atoms in total. The number of amides is 1. The summed E-state index contributed by atoms with van der Waals surface area (Å²) in [5.74, 6) is -1.19. The number of esters is 1. The molecule has 1 aromatic carbocycles. The fourth-order valence-electron chi connectivity index (χ4n) is 3.41. The first-order valence-electron chi connectivity index (χ1n) is 8.16.